The SMILES string of the molecule is c1ccc([Se]C2C(=[Se+]c3ccccc3)C2[Se]c2ccccc2)cc1. The Morgan fingerprint density at radius 2 is 0.958 bits per heavy atom. The molecule has 3 aromatic rings. The van der Waals surface area contributed by atoms with Crippen LogP contribution in [0.5, 0.6) is 0 Å². The summed E-state index contributed by atoms with van der Waals surface area (Å²) in [5.41, 5.74) is 0. The fourth-order valence-corrected chi connectivity index (χ4v) is 13.6. The van der Waals surface area contributed by atoms with Gasteiger partial charge in [0.05, 0.1) is 0 Å². The molecule has 0 aliphatic heterocycles. The molecule has 3 heteroatoms. The first-order valence-electron chi connectivity index (χ1n) is 7.93. The maximum absolute atomic E-state index is 2.30. The van der Waals surface area contributed by atoms with Crippen LogP contribution >= 0.6 is 0 Å². The molecule has 1 saturated carbocycles. The van der Waals surface area contributed by atoms with Gasteiger partial charge in [-0.3, -0.25) is 0 Å². The van der Waals surface area contributed by atoms with E-state index in [0.29, 0.717) is 44.4 Å². The second kappa shape index (κ2) is 7.98. The molecule has 0 radical (unpaired) electrons. The van der Waals surface area contributed by atoms with Crippen molar-refractivity contribution in [3.63, 3.8) is 0 Å². The third-order valence-electron chi connectivity index (χ3n) is 3.72. The molecule has 4 rings (SSSR count). The van der Waals surface area contributed by atoms with E-state index in [0.717, 1.165) is 9.63 Å². The molecule has 2 unspecified atom stereocenters. The van der Waals surface area contributed by atoms with Crippen LogP contribution < -0.4 is 13.4 Å². The van der Waals surface area contributed by atoms with E-state index >= 15 is 0 Å². The van der Waals surface area contributed by atoms with E-state index in [2.05, 4.69) is 91.0 Å². The molecule has 0 spiro atoms. The van der Waals surface area contributed by atoms with Crippen molar-refractivity contribution in [2.45, 2.75) is 9.63 Å². The predicted molar refractivity (Wildman–Crippen MR) is 108 cm³/mol. The zero-order valence-corrected chi connectivity index (χ0v) is 18.2. The minimum absolute atomic E-state index is 0.531. The van der Waals surface area contributed by atoms with Gasteiger partial charge in [-0.05, 0) is 0 Å². The molecular weight excluding hydrogens is 489 g/mol. The minimum atomic E-state index is 0.531. The summed E-state index contributed by atoms with van der Waals surface area (Å²) < 4.78 is 6.46. The molecule has 0 bridgehead atoms. The fraction of sp³-hybridized carbons (Fsp3) is 0.0952. The molecule has 1 fully saturated rings. The first-order chi connectivity index (χ1) is 11.9. The number of hydrogen-bond acceptors (Lipinski definition) is 0. The van der Waals surface area contributed by atoms with Gasteiger partial charge in [-0.2, -0.15) is 0 Å². The quantitative estimate of drug-likeness (QED) is 0.464. The van der Waals surface area contributed by atoms with Crippen molar-refractivity contribution >= 4 is 62.2 Å². The Bertz CT molecular complexity index is 764. The third kappa shape index (κ3) is 4.19. The van der Waals surface area contributed by atoms with Crippen LogP contribution in [0.4, 0.5) is 0 Å². The standard InChI is InChI=1S/C21H17Se3/c1-4-10-16(11-5-1)22-19-20(23-17-12-6-2-7-13-17)21(19)24-18-14-8-3-9-15-18/h1-15,19-20H/q+1. The van der Waals surface area contributed by atoms with Crippen molar-refractivity contribution in [2.75, 3.05) is 0 Å². The van der Waals surface area contributed by atoms with Crippen LogP contribution in [0, 0.1) is 0 Å². The van der Waals surface area contributed by atoms with E-state index in [4.69, 9.17) is 0 Å². The van der Waals surface area contributed by atoms with Crippen LogP contribution in [-0.2, 0) is 0 Å². The third-order valence-corrected chi connectivity index (χ3v) is 14.3. The van der Waals surface area contributed by atoms with E-state index in [-0.39, 0.29) is 0 Å². The average Bonchev–Trinajstić information content (AvgIpc) is 3.27. The molecule has 2 atom stereocenters. The van der Waals surface area contributed by atoms with Gasteiger partial charge in [0.1, 0.15) is 0 Å². The summed E-state index contributed by atoms with van der Waals surface area (Å²) in [6.45, 7) is 0. The molecule has 24 heavy (non-hydrogen) atoms. The van der Waals surface area contributed by atoms with E-state index in [1.54, 1.807) is 8.92 Å². The van der Waals surface area contributed by atoms with Gasteiger partial charge in [-0.15, -0.1) is 0 Å². The Labute approximate surface area is 162 Å². The normalized spacial score (nSPS) is 19.1. The van der Waals surface area contributed by atoms with E-state index in [1.807, 2.05) is 4.42 Å². The molecule has 0 heterocycles. The molecule has 0 aromatic heterocycles. The molecule has 0 nitrogen and oxygen atoms in total. The van der Waals surface area contributed by atoms with Crippen molar-refractivity contribution < 1.29 is 0 Å². The topological polar surface area (TPSA) is 0 Å². The van der Waals surface area contributed by atoms with Crippen LogP contribution in [0.25, 0.3) is 0 Å². The molecule has 118 valence electrons. The Balaban J connectivity index is 1.56. The van der Waals surface area contributed by atoms with Gasteiger partial charge in [-0.1, -0.05) is 0 Å². The van der Waals surface area contributed by atoms with E-state index in [9.17, 15) is 0 Å². The molecule has 0 N–H and O–H groups in total. The summed E-state index contributed by atoms with van der Waals surface area (Å²) in [6, 6.07) is 33.2. The van der Waals surface area contributed by atoms with Gasteiger partial charge < -0.3 is 0 Å². The van der Waals surface area contributed by atoms with Crippen LogP contribution in [0.1, 0.15) is 0 Å². The summed E-state index contributed by atoms with van der Waals surface area (Å²) >= 11 is 1.69. The molecule has 1 aliphatic rings. The molecule has 3 aromatic carbocycles. The zero-order valence-electron chi connectivity index (χ0n) is 13.0. The Hall–Kier alpha value is -0.912. The van der Waals surface area contributed by atoms with Crippen LogP contribution in [0.15, 0.2) is 91.0 Å². The van der Waals surface area contributed by atoms with E-state index in [1.165, 1.54) is 4.46 Å². The van der Waals surface area contributed by atoms with Gasteiger partial charge in [-0.25, -0.2) is 0 Å². The number of benzene rings is 3. The summed E-state index contributed by atoms with van der Waals surface area (Å²) in [6.07, 6.45) is 0. The van der Waals surface area contributed by atoms with Crippen molar-refractivity contribution in [1.82, 2.24) is 0 Å². The summed E-state index contributed by atoms with van der Waals surface area (Å²) in [5.74, 6) is 0. The van der Waals surface area contributed by atoms with Crippen molar-refractivity contribution in [3.8, 4) is 0 Å². The molecular formula is C21H17Se3+. The Morgan fingerprint density at radius 1 is 0.542 bits per heavy atom. The van der Waals surface area contributed by atoms with Crippen LogP contribution in [0.3, 0.4) is 0 Å². The summed E-state index contributed by atoms with van der Waals surface area (Å²) in [7, 11) is 0. The van der Waals surface area contributed by atoms with Gasteiger partial charge in [0.2, 0.25) is 0 Å². The predicted octanol–water partition coefficient (Wildman–Crippen LogP) is 1.84. The number of rotatable bonds is 5. The van der Waals surface area contributed by atoms with Gasteiger partial charge in [0.15, 0.2) is 0 Å². The van der Waals surface area contributed by atoms with Gasteiger partial charge in [0, 0.05) is 0 Å². The second-order valence-corrected chi connectivity index (χ2v) is 13.0. The van der Waals surface area contributed by atoms with Crippen molar-refractivity contribution in [3.05, 3.63) is 91.0 Å². The summed E-state index contributed by atoms with van der Waals surface area (Å²) in [5, 5.41) is 0. The van der Waals surface area contributed by atoms with Crippen molar-refractivity contribution in [2.24, 2.45) is 0 Å². The Kier molecular flexibility index (Phi) is 5.50. The zero-order chi connectivity index (χ0) is 16.2. The van der Waals surface area contributed by atoms with Crippen molar-refractivity contribution in [1.29, 1.82) is 0 Å². The maximum atomic E-state index is 2.30. The van der Waals surface area contributed by atoms with E-state index < -0.39 is 0 Å². The van der Waals surface area contributed by atoms with Gasteiger partial charge >= 0.3 is 163 Å². The number of hydrogen-bond donors (Lipinski definition) is 0. The fourth-order valence-electron chi connectivity index (χ4n) is 2.47. The molecule has 1 aliphatic carbocycles. The van der Waals surface area contributed by atoms with Crippen LogP contribution in [-0.4, -0.2) is 48.9 Å². The first kappa shape index (κ1) is 16.6. The second-order valence-electron chi connectivity index (χ2n) is 5.52. The van der Waals surface area contributed by atoms with Gasteiger partial charge in [0.25, 0.3) is 0 Å². The van der Waals surface area contributed by atoms with Crippen LogP contribution in [0.2, 0.25) is 9.63 Å². The molecule has 0 amide bonds. The first-order valence-corrected chi connectivity index (χ1v) is 13.3. The average molecular weight is 506 g/mol. The Morgan fingerprint density at radius 3 is 1.42 bits per heavy atom. The molecule has 0 saturated heterocycles. The summed E-state index contributed by atoms with van der Waals surface area (Å²) in [4.78, 5) is 1.70. The monoisotopic (exact) mass is 509 g/mol.